The van der Waals surface area contributed by atoms with Crippen LogP contribution < -0.4 is 0 Å². The minimum Gasteiger partial charge on any atom is -0.508 e. The van der Waals surface area contributed by atoms with Gasteiger partial charge < -0.3 is 5.11 Å². The molecule has 0 heterocycles. The van der Waals surface area contributed by atoms with E-state index in [0.29, 0.717) is 5.56 Å². The number of phenols is 1. The van der Waals surface area contributed by atoms with Crippen LogP contribution in [0.4, 0.5) is 0 Å². The Morgan fingerprint density at radius 2 is 1.95 bits per heavy atom. The second kappa shape index (κ2) is 5.33. The van der Waals surface area contributed by atoms with Gasteiger partial charge in [-0.15, -0.1) is 0 Å². The van der Waals surface area contributed by atoms with Crippen molar-refractivity contribution in [2.75, 3.05) is 0 Å². The average molecular weight is 264 g/mol. The van der Waals surface area contributed by atoms with Crippen LogP contribution in [-0.2, 0) is 6.42 Å². The van der Waals surface area contributed by atoms with Crippen LogP contribution in [0.1, 0.15) is 27.9 Å². The number of fused-ring (bicyclic) bond motifs is 1. The SMILES string of the molecule is O=C1c2cc(O)ccc2CC1C/C=C/c1ccccc1. The zero-order chi connectivity index (χ0) is 13.9. The van der Waals surface area contributed by atoms with Crippen molar-refractivity contribution < 1.29 is 9.90 Å². The summed E-state index contributed by atoms with van der Waals surface area (Å²) in [4.78, 5) is 12.2. The molecule has 1 N–H and O–H groups in total. The van der Waals surface area contributed by atoms with E-state index >= 15 is 0 Å². The number of benzene rings is 2. The first-order chi connectivity index (χ1) is 9.74. The van der Waals surface area contributed by atoms with Gasteiger partial charge in [-0.25, -0.2) is 0 Å². The van der Waals surface area contributed by atoms with Crippen molar-refractivity contribution in [2.24, 2.45) is 5.92 Å². The van der Waals surface area contributed by atoms with Gasteiger partial charge in [0.25, 0.3) is 0 Å². The molecule has 3 rings (SSSR count). The van der Waals surface area contributed by atoms with Crippen LogP contribution in [0, 0.1) is 5.92 Å². The zero-order valence-electron chi connectivity index (χ0n) is 11.1. The van der Waals surface area contributed by atoms with Gasteiger partial charge in [-0.1, -0.05) is 48.6 Å². The van der Waals surface area contributed by atoms with E-state index < -0.39 is 0 Å². The van der Waals surface area contributed by atoms with Crippen LogP contribution in [0.25, 0.3) is 6.08 Å². The van der Waals surface area contributed by atoms with Gasteiger partial charge in [-0.05, 0) is 36.1 Å². The number of ketones is 1. The molecule has 0 saturated carbocycles. The van der Waals surface area contributed by atoms with Crippen LogP contribution in [0.15, 0.2) is 54.6 Å². The van der Waals surface area contributed by atoms with Gasteiger partial charge in [0.2, 0.25) is 0 Å². The maximum atomic E-state index is 12.2. The second-order valence-corrected chi connectivity index (χ2v) is 5.16. The smallest absolute Gasteiger partial charge is 0.166 e. The Balaban J connectivity index is 1.69. The van der Waals surface area contributed by atoms with Crippen molar-refractivity contribution in [3.8, 4) is 5.75 Å². The largest absolute Gasteiger partial charge is 0.508 e. The highest BCUT2D eigenvalue weighted by molar-refractivity contribution is 6.02. The maximum absolute atomic E-state index is 12.2. The number of hydrogen-bond acceptors (Lipinski definition) is 2. The molecule has 0 spiro atoms. The Hall–Kier alpha value is -2.35. The molecule has 0 saturated heterocycles. The van der Waals surface area contributed by atoms with E-state index in [1.54, 1.807) is 12.1 Å². The highest BCUT2D eigenvalue weighted by atomic mass is 16.3. The third-order valence-electron chi connectivity index (χ3n) is 3.73. The summed E-state index contributed by atoms with van der Waals surface area (Å²) in [7, 11) is 0. The van der Waals surface area contributed by atoms with Gasteiger partial charge in [-0.3, -0.25) is 4.79 Å². The third-order valence-corrected chi connectivity index (χ3v) is 3.73. The summed E-state index contributed by atoms with van der Waals surface area (Å²) >= 11 is 0. The number of carbonyl (C=O) groups is 1. The fourth-order valence-electron chi connectivity index (χ4n) is 2.67. The summed E-state index contributed by atoms with van der Waals surface area (Å²) in [6.07, 6.45) is 5.62. The van der Waals surface area contributed by atoms with E-state index in [2.05, 4.69) is 6.08 Å². The summed E-state index contributed by atoms with van der Waals surface area (Å²) in [5, 5.41) is 9.46. The lowest BCUT2D eigenvalue weighted by Gasteiger charge is -2.02. The van der Waals surface area contributed by atoms with Gasteiger partial charge >= 0.3 is 0 Å². The number of rotatable bonds is 3. The number of carbonyl (C=O) groups excluding carboxylic acids is 1. The molecule has 2 heteroatoms. The fraction of sp³-hybridized carbons (Fsp3) is 0.167. The molecule has 0 aliphatic heterocycles. The predicted molar refractivity (Wildman–Crippen MR) is 79.7 cm³/mol. The van der Waals surface area contributed by atoms with Crippen molar-refractivity contribution in [1.82, 2.24) is 0 Å². The lowest BCUT2D eigenvalue weighted by Crippen LogP contribution is -2.07. The number of hydrogen-bond donors (Lipinski definition) is 1. The van der Waals surface area contributed by atoms with E-state index in [1.807, 2.05) is 42.5 Å². The van der Waals surface area contributed by atoms with Gasteiger partial charge in [0.15, 0.2) is 5.78 Å². The molecule has 1 aliphatic rings. The number of allylic oxidation sites excluding steroid dienone is 1. The normalized spacial score (nSPS) is 17.6. The second-order valence-electron chi connectivity index (χ2n) is 5.16. The standard InChI is InChI=1S/C18H16O2/c19-16-10-9-14-11-15(18(20)17(14)12-16)8-4-7-13-5-2-1-3-6-13/h1-7,9-10,12,15,19H,8,11H2/b7-4+. The van der Waals surface area contributed by atoms with Crippen LogP contribution in [0.5, 0.6) is 5.75 Å². The molecular weight excluding hydrogens is 248 g/mol. The van der Waals surface area contributed by atoms with E-state index in [4.69, 9.17) is 0 Å². The molecule has 0 amide bonds. The minimum atomic E-state index is 0.00626. The topological polar surface area (TPSA) is 37.3 Å². The number of phenolic OH excluding ortho intramolecular Hbond substituents is 1. The molecule has 0 bridgehead atoms. The Kier molecular flexibility index (Phi) is 3.38. The van der Waals surface area contributed by atoms with Crippen molar-refractivity contribution in [1.29, 1.82) is 0 Å². The first-order valence-corrected chi connectivity index (χ1v) is 6.82. The maximum Gasteiger partial charge on any atom is 0.166 e. The van der Waals surface area contributed by atoms with Gasteiger partial charge in [-0.2, -0.15) is 0 Å². The zero-order valence-corrected chi connectivity index (χ0v) is 11.1. The van der Waals surface area contributed by atoms with Gasteiger partial charge in [0.05, 0.1) is 0 Å². The van der Waals surface area contributed by atoms with Crippen LogP contribution >= 0.6 is 0 Å². The lowest BCUT2D eigenvalue weighted by molar-refractivity contribution is 0.0937. The van der Waals surface area contributed by atoms with Crippen molar-refractivity contribution in [3.05, 3.63) is 71.3 Å². The predicted octanol–water partition coefficient (Wildman–Crippen LogP) is 3.85. The monoisotopic (exact) mass is 264 g/mol. The van der Waals surface area contributed by atoms with Crippen LogP contribution in [0.3, 0.4) is 0 Å². The number of Topliss-reactive ketones (excluding diaryl/α,β-unsaturated/α-hetero) is 1. The Morgan fingerprint density at radius 1 is 1.15 bits per heavy atom. The highest BCUT2D eigenvalue weighted by Gasteiger charge is 2.29. The first kappa shape index (κ1) is 12.7. The molecule has 1 unspecified atom stereocenters. The molecule has 2 aromatic rings. The van der Waals surface area contributed by atoms with Crippen molar-refractivity contribution >= 4 is 11.9 Å². The van der Waals surface area contributed by atoms with E-state index in [0.717, 1.165) is 24.0 Å². The van der Waals surface area contributed by atoms with Gasteiger partial charge in [0, 0.05) is 11.5 Å². The van der Waals surface area contributed by atoms with E-state index in [-0.39, 0.29) is 17.5 Å². The molecule has 100 valence electrons. The fourth-order valence-corrected chi connectivity index (χ4v) is 2.67. The molecule has 0 fully saturated rings. The quantitative estimate of drug-likeness (QED) is 0.914. The minimum absolute atomic E-state index is 0.00626. The van der Waals surface area contributed by atoms with Crippen LogP contribution in [0.2, 0.25) is 0 Å². The summed E-state index contributed by atoms with van der Waals surface area (Å²) < 4.78 is 0. The highest BCUT2D eigenvalue weighted by Crippen LogP contribution is 2.31. The summed E-state index contributed by atoms with van der Waals surface area (Å²) in [5.74, 6) is 0.318. The molecular formula is C18H16O2. The lowest BCUT2D eigenvalue weighted by atomic mass is 10.0. The first-order valence-electron chi connectivity index (χ1n) is 6.82. The van der Waals surface area contributed by atoms with E-state index in [1.165, 1.54) is 0 Å². The summed E-state index contributed by atoms with van der Waals surface area (Å²) in [5.41, 5.74) is 2.88. The Bertz CT molecular complexity index is 656. The summed E-state index contributed by atoms with van der Waals surface area (Å²) in [6, 6.07) is 15.1. The Morgan fingerprint density at radius 3 is 2.75 bits per heavy atom. The molecule has 0 aromatic heterocycles. The van der Waals surface area contributed by atoms with Crippen molar-refractivity contribution in [2.45, 2.75) is 12.8 Å². The number of aromatic hydroxyl groups is 1. The molecule has 1 aliphatic carbocycles. The molecule has 2 nitrogen and oxygen atoms in total. The van der Waals surface area contributed by atoms with Crippen LogP contribution in [-0.4, -0.2) is 10.9 Å². The van der Waals surface area contributed by atoms with Crippen molar-refractivity contribution in [3.63, 3.8) is 0 Å². The molecule has 20 heavy (non-hydrogen) atoms. The average Bonchev–Trinajstić information content (AvgIpc) is 2.77. The Labute approximate surface area is 118 Å². The molecule has 1 atom stereocenters. The third kappa shape index (κ3) is 2.50. The summed E-state index contributed by atoms with van der Waals surface area (Å²) in [6.45, 7) is 0. The molecule has 0 radical (unpaired) electrons. The van der Waals surface area contributed by atoms with Gasteiger partial charge in [0.1, 0.15) is 5.75 Å². The molecule has 2 aromatic carbocycles. The van der Waals surface area contributed by atoms with E-state index in [9.17, 15) is 9.90 Å².